The summed E-state index contributed by atoms with van der Waals surface area (Å²) in [5.74, 6) is -3.70. The van der Waals surface area contributed by atoms with Crippen LogP contribution in [0.4, 0.5) is 17.6 Å². The van der Waals surface area contributed by atoms with Crippen molar-refractivity contribution in [2.75, 3.05) is 7.11 Å². The van der Waals surface area contributed by atoms with Gasteiger partial charge in [-0.2, -0.15) is 8.78 Å². The van der Waals surface area contributed by atoms with Crippen LogP contribution in [0.2, 0.25) is 0 Å². The van der Waals surface area contributed by atoms with Gasteiger partial charge in [0.15, 0.2) is 0 Å². The lowest BCUT2D eigenvalue weighted by atomic mass is 10.1. The Bertz CT molecular complexity index is 398. The minimum Gasteiger partial charge on any atom is -0.497 e. The van der Waals surface area contributed by atoms with E-state index in [9.17, 15) is 17.6 Å². The third-order valence-corrected chi connectivity index (χ3v) is 3.90. The summed E-state index contributed by atoms with van der Waals surface area (Å²) in [4.78, 5) is -1.77. The van der Waals surface area contributed by atoms with Crippen LogP contribution in [0.5, 0.6) is 5.75 Å². The van der Waals surface area contributed by atoms with Crippen molar-refractivity contribution >= 4 is 31.9 Å². The zero-order valence-corrected chi connectivity index (χ0v) is 11.7. The van der Waals surface area contributed by atoms with Crippen molar-refractivity contribution in [3.8, 4) is 5.75 Å². The average molecular weight is 380 g/mol. The van der Waals surface area contributed by atoms with Gasteiger partial charge in [-0.05, 0) is 17.7 Å². The second-order valence-electron chi connectivity index (χ2n) is 3.23. The minimum absolute atomic E-state index is 0.0381. The van der Waals surface area contributed by atoms with E-state index in [4.69, 9.17) is 4.74 Å². The van der Waals surface area contributed by atoms with Crippen LogP contribution in [0.1, 0.15) is 10.4 Å². The van der Waals surface area contributed by atoms with Crippen LogP contribution in [0.15, 0.2) is 22.7 Å². The molecule has 0 fully saturated rings. The SMILES string of the molecule is COc1ccc(C(Br)C(F)(F)C(F)F)c(Br)c1. The molecule has 0 aliphatic carbocycles. The molecule has 96 valence electrons. The summed E-state index contributed by atoms with van der Waals surface area (Å²) in [5.41, 5.74) is 0.0381. The fraction of sp³-hybridized carbons (Fsp3) is 0.400. The number of halogens is 6. The molecule has 1 atom stereocenters. The van der Waals surface area contributed by atoms with Crippen molar-refractivity contribution in [1.29, 1.82) is 0 Å². The summed E-state index contributed by atoms with van der Waals surface area (Å²) in [5, 5.41) is 0. The molecular weight excluding hydrogens is 372 g/mol. The van der Waals surface area contributed by atoms with Gasteiger partial charge in [0.2, 0.25) is 0 Å². The van der Waals surface area contributed by atoms with Crippen molar-refractivity contribution in [2.24, 2.45) is 0 Å². The summed E-state index contributed by atoms with van der Waals surface area (Å²) < 4.78 is 55.8. The van der Waals surface area contributed by atoms with Crippen molar-refractivity contribution in [2.45, 2.75) is 17.2 Å². The van der Waals surface area contributed by atoms with E-state index < -0.39 is 17.2 Å². The fourth-order valence-electron chi connectivity index (χ4n) is 1.16. The number of rotatable bonds is 4. The third kappa shape index (κ3) is 3.13. The van der Waals surface area contributed by atoms with Gasteiger partial charge in [0.05, 0.1) is 7.11 Å². The second-order valence-corrected chi connectivity index (χ2v) is 5.00. The molecule has 7 heteroatoms. The molecule has 0 spiro atoms. The molecule has 0 N–H and O–H groups in total. The first-order valence-electron chi connectivity index (χ1n) is 4.44. The molecule has 1 rings (SSSR count). The zero-order valence-electron chi connectivity index (χ0n) is 8.56. The Morgan fingerprint density at radius 1 is 1.29 bits per heavy atom. The van der Waals surface area contributed by atoms with Crippen molar-refractivity contribution in [1.82, 2.24) is 0 Å². The molecule has 1 nitrogen and oxygen atoms in total. The first-order valence-corrected chi connectivity index (χ1v) is 6.15. The second kappa shape index (κ2) is 5.56. The van der Waals surface area contributed by atoms with Crippen LogP contribution in [0, 0.1) is 0 Å². The Hall–Kier alpha value is -0.300. The third-order valence-electron chi connectivity index (χ3n) is 2.11. The molecule has 1 aromatic rings. The molecule has 1 unspecified atom stereocenters. The highest BCUT2D eigenvalue weighted by atomic mass is 79.9. The van der Waals surface area contributed by atoms with E-state index in [-0.39, 0.29) is 10.0 Å². The van der Waals surface area contributed by atoms with Crippen LogP contribution in [-0.4, -0.2) is 19.5 Å². The monoisotopic (exact) mass is 378 g/mol. The summed E-state index contributed by atoms with van der Waals surface area (Å²) in [6.45, 7) is 0. The van der Waals surface area contributed by atoms with E-state index in [2.05, 4.69) is 31.9 Å². The van der Waals surface area contributed by atoms with Crippen molar-refractivity contribution in [3.63, 3.8) is 0 Å². The van der Waals surface area contributed by atoms with E-state index in [1.165, 1.54) is 25.3 Å². The summed E-state index contributed by atoms with van der Waals surface area (Å²) >= 11 is 5.65. The van der Waals surface area contributed by atoms with Crippen LogP contribution < -0.4 is 4.74 Å². The molecule has 0 aliphatic rings. The molecule has 0 aliphatic heterocycles. The number of hydrogen-bond donors (Lipinski definition) is 0. The Morgan fingerprint density at radius 2 is 1.88 bits per heavy atom. The van der Waals surface area contributed by atoms with Gasteiger partial charge in [-0.25, -0.2) is 8.78 Å². The summed E-state index contributed by atoms with van der Waals surface area (Å²) in [6.07, 6.45) is -3.74. The van der Waals surface area contributed by atoms with Crippen LogP contribution in [0.3, 0.4) is 0 Å². The van der Waals surface area contributed by atoms with E-state index >= 15 is 0 Å². The van der Waals surface area contributed by atoms with Gasteiger partial charge in [-0.1, -0.05) is 37.9 Å². The molecule has 17 heavy (non-hydrogen) atoms. The molecule has 0 saturated carbocycles. The quantitative estimate of drug-likeness (QED) is 0.539. The Morgan fingerprint density at radius 3 is 2.29 bits per heavy atom. The zero-order chi connectivity index (χ0) is 13.2. The largest absolute Gasteiger partial charge is 0.497 e. The first-order chi connectivity index (χ1) is 7.80. The smallest absolute Gasteiger partial charge is 0.323 e. The molecule has 1 aromatic carbocycles. The van der Waals surface area contributed by atoms with Crippen molar-refractivity contribution < 1.29 is 22.3 Å². The lowest BCUT2D eigenvalue weighted by molar-refractivity contribution is -0.127. The van der Waals surface area contributed by atoms with Gasteiger partial charge in [0.25, 0.3) is 0 Å². The van der Waals surface area contributed by atoms with Gasteiger partial charge in [-0.3, -0.25) is 0 Å². The lowest BCUT2D eigenvalue weighted by Crippen LogP contribution is -2.31. The summed E-state index contributed by atoms with van der Waals surface area (Å²) in [6, 6.07) is 4.17. The molecule has 0 bridgehead atoms. The number of hydrogen-bond acceptors (Lipinski definition) is 1. The molecule has 0 heterocycles. The molecule has 0 saturated heterocycles. The maximum Gasteiger partial charge on any atom is 0.323 e. The van der Waals surface area contributed by atoms with Crippen molar-refractivity contribution in [3.05, 3.63) is 28.2 Å². The van der Waals surface area contributed by atoms with E-state index in [0.29, 0.717) is 5.75 Å². The Labute approximate surface area is 112 Å². The fourth-order valence-corrected chi connectivity index (χ4v) is 2.65. The van der Waals surface area contributed by atoms with Gasteiger partial charge in [-0.15, -0.1) is 0 Å². The topological polar surface area (TPSA) is 9.23 Å². The van der Waals surface area contributed by atoms with Crippen LogP contribution >= 0.6 is 31.9 Å². The predicted molar refractivity (Wildman–Crippen MR) is 63.3 cm³/mol. The lowest BCUT2D eigenvalue weighted by Gasteiger charge is -2.22. The normalized spacial score (nSPS) is 13.9. The number of ether oxygens (including phenoxy) is 1. The molecular formula is C10H8Br2F4O. The van der Waals surface area contributed by atoms with Crippen LogP contribution in [-0.2, 0) is 0 Å². The predicted octanol–water partition coefficient (Wildman–Crippen LogP) is 4.79. The van der Waals surface area contributed by atoms with Gasteiger partial charge >= 0.3 is 12.3 Å². The van der Waals surface area contributed by atoms with E-state index in [1.54, 1.807) is 0 Å². The van der Waals surface area contributed by atoms with E-state index in [1.807, 2.05) is 0 Å². The summed E-state index contributed by atoms with van der Waals surface area (Å²) in [7, 11) is 1.42. The standard InChI is InChI=1S/C10H8Br2F4O/c1-17-5-2-3-6(7(11)4-5)8(12)10(15,16)9(13)14/h2-4,8-9H,1H3. The molecule has 0 radical (unpaired) electrons. The van der Waals surface area contributed by atoms with E-state index in [0.717, 1.165) is 0 Å². The molecule has 0 amide bonds. The number of benzene rings is 1. The Kier molecular flexibility index (Phi) is 4.83. The number of alkyl halides is 5. The maximum absolute atomic E-state index is 13.1. The highest BCUT2D eigenvalue weighted by molar-refractivity contribution is 9.11. The molecule has 0 aromatic heterocycles. The highest BCUT2D eigenvalue weighted by Crippen LogP contribution is 2.45. The van der Waals surface area contributed by atoms with Gasteiger partial charge < -0.3 is 4.74 Å². The Balaban J connectivity index is 3.08. The van der Waals surface area contributed by atoms with Crippen LogP contribution in [0.25, 0.3) is 0 Å². The number of methoxy groups -OCH3 is 1. The minimum atomic E-state index is -4.14. The van der Waals surface area contributed by atoms with Gasteiger partial charge in [0.1, 0.15) is 10.6 Å². The average Bonchev–Trinajstić information content (AvgIpc) is 2.27. The van der Waals surface area contributed by atoms with Gasteiger partial charge in [0, 0.05) is 4.47 Å². The maximum atomic E-state index is 13.1. The highest BCUT2D eigenvalue weighted by Gasteiger charge is 2.48. The first kappa shape index (κ1) is 14.8.